The monoisotopic (exact) mass is 342 g/mol. The van der Waals surface area contributed by atoms with Crippen molar-refractivity contribution in [2.24, 2.45) is 5.92 Å². The third-order valence-corrected chi connectivity index (χ3v) is 7.07. The number of sulfonamides is 1. The summed E-state index contributed by atoms with van der Waals surface area (Å²) in [6, 6.07) is 17.1. The van der Waals surface area contributed by atoms with Crippen LogP contribution in [0.1, 0.15) is 17.0 Å². The molecule has 0 aliphatic carbocycles. The molecule has 0 spiro atoms. The molecule has 5 heteroatoms. The van der Waals surface area contributed by atoms with Gasteiger partial charge in [0.15, 0.2) is 0 Å². The minimum absolute atomic E-state index is 0.345. The van der Waals surface area contributed by atoms with Crippen LogP contribution in [0, 0.1) is 5.92 Å². The molecule has 1 saturated heterocycles. The van der Waals surface area contributed by atoms with Crippen LogP contribution in [-0.4, -0.2) is 44.3 Å². The van der Waals surface area contributed by atoms with Crippen LogP contribution in [0.5, 0.6) is 0 Å². The van der Waals surface area contributed by atoms with E-state index in [1.807, 2.05) is 12.1 Å². The summed E-state index contributed by atoms with van der Waals surface area (Å²) in [5, 5.41) is 0. The normalized spacial score (nSPS) is 25.0. The van der Waals surface area contributed by atoms with Crippen molar-refractivity contribution in [1.82, 2.24) is 9.21 Å². The zero-order valence-electron chi connectivity index (χ0n) is 13.8. The van der Waals surface area contributed by atoms with Crippen LogP contribution in [0.2, 0.25) is 0 Å². The van der Waals surface area contributed by atoms with Crippen LogP contribution in [0.4, 0.5) is 0 Å². The lowest BCUT2D eigenvalue weighted by molar-refractivity contribution is 0.328. The second-order valence-electron chi connectivity index (χ2n) is 6.90. The van der Waals surface area contributed by atoms with E-state index in [-0.39, 0.29) is 0 Å². The molecule has 0 amide bonds. The van der Waals surface area contributed by atoms with Gasteiger partial charge < -0.3 is 4.90 Å². The van der Waals surface area contributed by atoms with Crippen molar-refractivity contribution in [2.75, 3.05) is 26.7 Å². The van der Waals surface area contributed by atoms with Gasteiger partial charge in [0.05, 0.1) is 4.90 Å². The summed E-state index contributed by atoms with van der Waals surface area (Å²) in [4.78, 5) is 2.69. The zero-order valence-corrected chi connectivity index (χ0v) is 14.6. The molecule has 2 heterocycles. The van der Waals surface area contributed by atoms with E-state index in [4.69, 9.17) is 0 Å². The fourth-order valence-electron chi connectivity index (χ4n) is 4.10. The Bertz CT molecular complexity index is 835. The van der Waals surface area contributed by atoms with Gasteiger partial charge in [-0.3, -0.25) is 0 Å². The van der Waals surface area contributed by atoms with Gasteiger partial charge in [0, 0.05) is 32.1 Å². The van der Waals surface area contributed by atoms with Crippen molar-refractivity contribution >= 4 is 10.0 Å². The fraction of sp³-hybridized carbons (Fsp3) is 0.368. The van der Waals surface area contributed by atoms with Crippen molar-refractivity contribution < 1.29 is 8.42 Å². The molecule has 2 aromatic rings. The summed E-state index contributed by atoms with van der Waals surface area (Å²) in [6.07, 6.45) is 0. The number of likely N-dealkylation sites (tertiary alicyclic amines) is 1. The van der Waals surface area contributed by atoms with E-state index in [1.165, 1.54) is 5.56 Å². The Morgan fingerprint density at radius 2 is 1.62 bits per heavy atom. The maximum absolute atomic E-state index is 13.1. The first kappa shape index (κ1) is 15.8. The first-order valence-electron chi connectivity index (χ1n) is 8.37. The van der Waals surface area contributed by atoms with Crippen molar-refractivity contribution in [2.45, 2.75) is 17.4 Å². The lowest BCUT2D eigenvalue weighted by atomic mass is 9.87. The van der Waals surface area contributed by atoms with Gasteiger partial charge in [-0.2, -0.15) is 4.31 Å². The Kier molecular flexibility index (Phi) is 3.95. The van der Waals surface area contributed by atoms with Crippen molar-refractivity contribution in [3.63, 3.8) is 0 Å². The highest BCUT2D eigenvalue weighted by Crippen LogP contribution is 2.38. The number of nitrogens with zero attached hydrogens (tertiary/aromatic N) is 2. The largest absolute Gasteiger partial charge is 0.305 e. The van der Waals surface area contributed by atoms with E-state index in [1.54, 1.807) is 28.6 Å². The predicted octanol–water partition coefficient (Wildman–Crippen LogP) is 2.54. The van der Waals surface area contributed by atoms with Crippen LogP contribution in [0.15, 0.2) is 59.5 Å². The number of benzene rings is 2. The molecule has 2 unspecified atom stereocenters. The summed E-state index contributed by atoms with van der Waals surface area (Å²) < 4.78 is 27.9. The SMILES string of the molecule is CN1CC2CN(S(=O)(=O)c3ccccc3)Cc3ccccc3C2C1. The Hall–Kier alpha value is -1.69. The summed E-state index contributed by atoms with van der Waals surface area (Å²) in [5.41, 5.74) is 2.46. The molecular formula is C19H22N2O2S. The van der Waals surface area contributed by atoms with Gasteiger partial charge in [-0.1, -0.05) is 42.5 Å². The van der Waals surface area contributed by atoms with Crippen LogP contribution < -0.4 is 0 Å². The number of rotatable bonds is 2. The number of hydrogen-bond acceptors (Lipinski definition) is 3. The van der Waals surface area contributed by atoms with E-state index < -0.39 is 10.0 Å². The van der Waals surface area contributed by atoms with E-state index in [0.29, 0.717) is 29.8 Å². The van der Waals surface area contributed by atoms with Gasteiger partial charge in [0.25, 0.3) is 0 Å². The second-order valence-corrected chi connectivity index (χ2v) is 8.84. The highest BCUT2D eigenvalue weighted by atomic mass is 32.2. The molecule has 2 aliphatic rings. The average molecular weight is 342 g/mol. The highest BCUT2D eigenvalue weighted by molar-refractivity contribution is 7.89. The van der Waals surface area contributed by atoms with Crippen molar-refractivity contribution in [3.8, 4) is 0 Å². The molecule has 0 aromatic heterocycles. The molecule has 0 N–H and O–H groups in total. The van der Waals surface area contributed by atoms with E-state index in [2.05, 4.69) is 30.1 Å². The number of hydrogen-bond donors (Lipinski definition) is 0. The predicted molar refractivity (Wildman–Crippen MR) is 94.2 cm³/mol. The molecule has 2 aromatic carbocycles. The molecular weight excluding hydrogens is 320 g/mol. The van der Waals surface area contributed by atoms with Crippen LogP contribution in [-0.2, 0) is 16.6 Å². The number of fused-ring (bicyclic) bond motifs is 3. The second kappa shape index (κ2) is 5.99. The first-order chi connectivity index (χ1) is 11.6. The zero-order chi connectivity index (χ0) is 16.7. The fourth-order valence-corrected chi connectivity index (χ4v) is 5.60. The van der Waals surface area contributed by atoms with Gasteiger partial charge >= 0.3 is 0 Å². The standard InChI is InChI=1S/C19H22N2O2S/c1-20-11-16-13-21(24(22,23)17-8-3-2-4-9-17)12-15-7-5-6-10-18(15)19(16)14-20/h2-10,16,19H,11-14H2,1H3. The van der Waals surface area contributed by atoms with Crippen molar-refractivity contribution in [1.29, 1.82) is 0 Å². The molecule has 4 nitrogen and oxygen atoms in total. The van der Waals surface area contributed by atoms with Crippen molar-refractivity contribution in [3.05, 3.63) is 65.7 Å². The van der Waals surface area contributed by atoms with E-state index in [0.717, 1.165) is 18.7 Å². The van der Waals surface area contributed by atoms with Crippen LogP contribution in [0.3, 0.4) is 0 Å². The molecule has 126 valence electrons. The van der Waals surface area contributed by atoms with E-state index in [9.17, 15) is 8.42 Å². The molecule has 0 radical (unpaired) electrons. The maximum atomic E-state index is 13.1. The molecule has 1 fully saturated rings. The smallest absolute Gasteiger partial charge is 0.243 e. The highest BCUT2D eigenvalue weighted by Gasteiger charge is 2.39. The van der Waals surface area contributed by atoms with Gasteiger partial charge in [0.2, 0.25) is 10.0 Å². The Morgan fingerprint density at radius 1 is 0.917 bits per heavy atom. The van der Waals surface area contributed by atoms with E-state index >= 15 is 0 Å². The minimum Gasteiger partial charge on any atom is -0.305 e. The minimum atomic E-state index is -3.47. The van der Waals surface area contributed by atoms with Crippen LogP contribution in [0.25, 0.3) is 0 Å². The molecule has 24 heavy (non-hydrogen) atoms. The first-order valence-corrected chi connectivity index (χ1v) is 9.81. The van der Waals surface area contributed by atoms with Gasteiger partial charge in [-0.15, -0.1) is 0 Å². The summed E-state index contributed by atoms with van der Waals surface area (Å²) in [5.74, 6) is 0.763. The lowest BCUT2D eigenvalue weighted by Gasteiger charge is -2.24. The van der Waals surface area contributed by atoms with Gasteiger partial charge in [-0.25, -0.2) is 8.42 Å². The third-order valence-electron chi connectivity index (χ3n) is 5.24. The topological polar surface area (TPSA) is 40.6 Å². The summed E-state index contributed by atoms with van der Waals surface area (Å²) in [6.45, 7) is 2.99. The average Bonchev–Trinajstić information content (AvgIpc) is 2.88. The maximum Gasteiger partial charge on any atom is 0.243 e. The molecule has 0 saturated carbocycles. The molecule has 0 bridgehead atoms. The lowest BCUT2D eigenvalue weighted by Crippen LogP contribution is -2.35. The third kappa shape index (κ3) is 2.66. The van der Waals surface area contributed by atoms with Gasteiger partial charge in [-0.05, 0) is 36.2 Å². The number of likely N-dealkylation sites (N-methyl/N-ethyl adjacent to an activating group) is 1. The Balaban J connectivity index is 1.77. The summed E-state index contributed by atoms with van der Waals surface area (Å²) in [7, 11) is -1.35. The summed E-state index contributed by atoms with van der Waals surface area (Å²) >= 11 is 0. The quantitative estimate of drug-likeness (QED) is 0.842. The molecule has 2 atom stereocenters. The molecule has 2 aliphatic heterocycles. The Labute approximate surface area is 143 Å². The Morgan fingerprint density at radius 3 is 2.42 bits per heavy atom. The van der Waals surface area contributed by atoms with Gasteiger partial charge in [0.1, 0.15) is 0 Å². The molecule has 4 rings (SSSR count). The van der Waals surface area contributed by atoms with Crippen LogP contribution >= 0.6 is 0 Å².